The Bertz CT molecular complexity index is 984. The van der Waals surface area contributed by atoms with Crippen LogP contribution in [0.3, 0.4) is 0 Å². The molecule has 0 aliphatic carbocycles. The average molecular weight is 386 g/mol. The van der Waals surface area contributed by atoms with Gasteiger partial charge in [0.15, 0.2) is 41.0 Å². The molecule has 0 radical (unpaired) electrons. The Balaban J connectivity index is 1.98. The van der Waals surface area contributed by atoms with Crippen molar-refractivity contribution in [2.75, 3.05) is 0 Å². The third-order valence-corrected chi connectivity index (χ3v) is 3.50. The van der Waals surface area contributed by atoms with E-state index in [0.717, 1.165) is 12.1 Å². The Hall–Kier alpha value is -3.23. The van der Waals surface area contributed by atoms with Crippen molar-refractivity contribution in [3.8, 4) is 22.8 Å². The molecule has 0 unspecified atom stereocenters. The summed E-state index contributed by atoms with van der Waals surface area (Å²) >= 11 is 0. The first-order chi connectivity index (χ1) is 12.7. The zero-order valence-corrected chi connectivity index (χ0v) is 13.1. The van der Waals surface area contributed by atoms with Crippen molar-refractivity contribution in [2.45, 2.75) is 6.18 Å². The summed E-state index contributed by atoms with van der Waals surface area (Å²) in [6, 6.07) is 6.04. The van der Waals surface area contributed by atoms with Crippen LogP contribution >= 0.6 is 0 Å². The molecule has 140 valence electrons. The standard InChI is InChI=1S/C18H8F6O3/c19-12-3-1-9(15-4-2-11(8-25)26-15)5-16(12)27-17-13(20)6-10(7-14(17)21)18(22,23)24/h1-8H. The van der Waals surface area contributed by atoms with E-state index >= 15 is 0 Å². The molecule has 0 atom stereocenters. The van der Waals surface area contributed by atoms with Gasteiger partial charge in [-0.1, -0.05) is 0 Å². The molecule has 0 aliphatic rings. The zero-order chi connectivity index (χ0) is 19.8. The smallest absolute Gasteiger partial charge is 0.416 e. The van der Waals surface area contributed by atoms with Crippen molar-refractivity contribution < 1.29 is 40.3 Å². The third-order valence-electron chi connectivity index (χ3n) is 3.50. The van der Waals surface area contributed by atoms with Gasteiger partial charge in [0.25, 0.3) is 0 Å². The largest absolute Gasteiger partial charge is 0.453 e. The van der Waals surface area contributed by atoms with E-state index in [1.54, 1.807) is 0 Å². The molecule has 0 fully saturated rings. The van der Waals surface area contributed by atoms with Gasteiger partial charge in [-0.2, -0.15) is 13.2 Å². The minimum absolute atomic E-state index is 0.00313. The summed E-state index contributed by atoms with van der Waals surface area (Å²) in [6.45, 7) is 0. The number of carbonyl (C=O) groups excluding carboxylic acids is 1. The van der Waals surface area contributed by atoms with Gasteiger partial charge in [-0.3, -0.25) is 4.79 Å². The van der Waals surface area contributed by atoms with Crippen molar-refractivity contribution in [3.05, 3.63) is 71.2 Å². The van der Waals surface area contributed by atoms with E-state index in [4.69, 9.17) is 9.15 Å². The van der Waals surface area contributed by atoms with Crippen LogP contribution in [0.25, 0.3) is 11.3 Å². The van der Waals surface area contributed by atoms with Gasteiger partial charge in [0.1, 0.15) is 5.76 Å². The van der Waals surface area contributed by atoms with E-state index in [1.807, 2.05) is 0 Å². The number of ether oxygens (including phenoxy) is 1. The fourth-order valence-corrected chi connectivity index (χ4v) is 2.24. The highest BCUT2D eigenvalue weighted by atomic mass is 19.4. The van der Waals surface area contributed by atoms with Crippen LogP contribution in [0.2, 0.25) is 0 Å². The Morgan fingerprint density at radius 1 is 0.889 bits per heavy atom. The van der Waals surface area contributed by atoms with Crippen LogP contribution in [0.4, 0.5) is 26.3 Å². The second-order valence-electron chi connectivity index (χ2n) is 5.33. The summed E-state index contributed by atoms with van der Waals surface area (Å²) in [5.41, 5.74) is -1.33. The number of hydrogen-bond donors (Lipinski definition) is 0. The molecule has 3 rings (SSSR count). The molecule has 3 aromatic rings. The van der Waals surface area contributed by atoms with E-state index in [0.29, 0.717) is 6.29 Å². The fraction of sp³-hybridized carbons (Fsp3) is 0.0556. The van der Waals surface area contributed by atoms with E-state index in [-0.39, 0.29) is 29.2 Å². The van der Waals surface area contributed by atoms with Crippen LogP contribution in [0, 0.1) is 17.5 Å². The monoisotopic (exact) mass is 386 g/mol. The van der Waals surface area contributed by atoms with Crippen molar-refractivity contribution in [2.24, 2.45) is 0 Å². The van der Waals surface area contributed by atoms with Gasteiger partial charge < -0.3 is 9.15 Å². The van der Waals surface area contributed by atoms with Crippen molar-refractivity contribution in [3.63, 3.8) is 0 Å². The third kappa shape index (κ3) is 3.81. The van der Waals surface area contributed by atoms with E-state index < -0.39 is 40.7 Å². The van der Waals surface area contributed by atoms with Gasteiger partial charge in [0.05, 0.1) is 5.56 Å². The number of carbonyl (C=O) groups is 1. The molecule has 1 aromatic heterocycles. The molecule has 3 nitrogen and oxygen atoms in total. The lowest BCUT2D eigenvalue weighted by molar-refractivity contribution is -0.138. The maximum absolute atomic E-state index is 13.9. The quantitative estimate of drug-likeness (QED) is 0.409. The maximum atomic E-state index is 13.9. The molecule has 27 heavy (non-hydrogen) atoms. The van der Waals surface area contributed by atoms with Crippen LogP contribution in [-0.2, 0) is 6.18 Å². The van der Waals surface area contributed by atoms with Gasteiger partial charge in [0.2, 0.25) is 0 Å². The lowest BCUT2D eigenvalue weighted by atomic mass is 10.1. The second-order valence-corrected chi connectivity index (χ2v) is 5.33. The summed E-state index contributed by atoms with van der Waals surface area (Å²) in [5.74, 6) is -5.99. The first kappa shape index (κ1) is 18.6. The molecule has 0 saturated carbocycles. The number of benzene rings is 2. The summed E-state index contributed by atoms with van der Waals surface area (Å²) in [7, 11) is 0. The highest BCUT2D eigenvalue weighted by molar-refractivity contribution is 5.73. The minimum atomic E-state index is -4.96. The first-order valence-electron chi connectivity index (χ1n) is 7.28. The Morgan fingerprint density at radius 2 is 1.56 bits per heavy atom. The Morgan fingerprint density at radius 3 is 2.11 bits per heavy atom. The lowest BCUT2D eigenvalue weighted by Crippen LogP contribution is -2.07. The number of rotatable bonds is 4. The first-order valence-corrected chi connectivity index (χ1v) is 7.28. The molecule has 1 heterocycles. The molecule has 0 aliphatic heterocycles. The molecular weight excluding hydrogens is 378 g/mol. The Kier molecular flexibility index (Phi) is 4.69. The van der Waals surface area contributed by atoms with Gasteiger partial charge >= 0.3 is 6.18 Å². The van der Waals surface area contributed by atoms with Crippen molar-refractivity contribution >= 4 is 6.29 Å². The van der Waals surface area contributed by atoms with Gasteiger partial charge in [0, 0.05) is 5.56 Å². The molecule has 0 saturated heterocycles. The van der Waals surface area contributed by atoms with Crippen LogP contribution in [-0.4, -0.2) is 6.29 Å². The van der Waals surface area contributed by atoms with E-state index in [2.05, 4.69) is 0 Å². The minimum Gasteiger partial charge on any atom is -0.453 e. The average Bonchev–Trinajstić information content (AvgIpc) is 3.07. The van der Waals surface area contributed by atoms with Crippen molar-refractivity contribution in [1.29, 1.82) is 0 Å². The van der Waals surface area contributed by atoms with E-state index in [1.165, 1.54) is 18.2 Å². The molecule has 9 heteroatoms. The fourth-order valence-electron chi connectivity index (χ4n) is 2.24. The number of furan rings is 1. The summed E-state index contributed by atoms with van der Waals surface area (Å²) in [6.07, 6.45) is -4.52. The van der Waals surface area contributed by atoms with E-state index in [9.17, 15) is 31.1 Å². The second kappa shape index (κ2) is 6.82. The Labute approximate surface area is 147 Å². The predicted octanol–water partition coefficient (Wildman–Crippen LogP) is 5.99. The normalized spacial score (nSPS) is 11.5. The molecule has 0 spiro atoms. The lowest BCUT2D eigenvalue weighted by Gasteiger charge is -2.12. The summed E-state index contributed by atoms with van der Waals surface area (Å²) in [4.78, 5) is 10.6. The molecule has 2 aromatic carbocycles. The molecule has 0 N–H and O–H groups in total. The van der Waals surface area contributed by atoms with Crippen LogP contribution < -0.4 is 4.74 Å². The van der Waals surface area contributed by atoms with Gasteiger partial charge in [-0.05, 0) is 42.5 Å². The number of aldehydes is 1. The summed E-state index contributed by atoms with van der Waals surface area (Å²) in [5, 5.41) is 0. The zero-order valence-electron chi connectivity index (χ0n) is 13.1. The molecule has 0 amide bonds. The number of hydrogen-bond acceptors (Lipinski definition) is 3. The predicted molar refractivity (Wildman–Crippen MR) is 80.9 cm³/mol. The topological polar surface area (TPSA) is 39.4 Å². The van der Waals surface area contributed by atoms with Crippen LogP contribution in [0.5, 0.6) is 11.5 Å². The van der Waals surface area contributed by atoms with Crippen LogP contribution in [0.1, 0.15) is 16.1 Å². The number of alkyl halides is 3. The summed E-state index contributed by atoms with van der Waals surface area (Å²) < 4.78 is 89.4. The van der Waals surface area contributed by atoms with Gasteiger partial charge in [-0.25, -0.2) is 13.2 Å². The molecular formula is C18H8F6O3. The van der Waals surface area contributed by atoms with Gasteiger partial charge in [-0.15, -0.1) is 0 Å². The number of halogens is 6. The maximum Gasteiger partial charge on any atom is 0.416 e. The SMILES string of the molecule is O=Cc1ccc(-c2ccc(F)c(Oc3c(F)cc(C(F)(F)F)cc3F)c2)o1. The highest BCUT2D eigenvalue weighted by Crippen LogP contribution is 2.37. The molecule has 0 bridgehead atoms. The van der Waals surface area contributed by atoms with Crippen LogP contribution in [0.15, 0.2) is 46.9 Å². The highest BCUT2D eigenvalue weighted by Gasteiger charge is 2.33. The van der Waals surface area contributed by atoms with Crippen molar-refractivity contribution in [1.82, 2.24) is 0 Å².